The highest BCUT2D eigenvalue weighted by atomic mass is 32.2. The maximum atomic E-state index is 12.3. The average Bonchev–Trinajstić information content (AvgIpc) is 2.67. The average molecular weight is 294 g/mol. The lowest BCUT2D eigenvalue weighted by molar-refractivity contribution is 0.601. The maximum absolute atomic E-state index is 12.3. The molecule has 0 saturated carbocycles. The van der Waals surface area contributed by atoms with Crippen molar-refractivity contribution in [1.29, 1.82) is 0 Å². The molecule has 1 aromatic heterocycles. The van der Waals surface area contributed by atoms with Crippen LogP contribution in [0.2, 0.25) is 0 Å². The molecular formula is C13H18N4O2S. The van der Waals surface area contributed by atoms with E-state index in [0.29, 0.717) is 11.4 Å². The molecule has 1 unspecified atom stereocenters. The highest BCUT2D eigenvalue weighted by molar-refractivity contribution is 7.92. The lowest BCUT2D eigenvalue weighted by atomic mass is 10.1. The minimum Gasteiger partial charge on any atom is -0.324 e. The number of aryl methyl sites for hydroxylation is 2. The molecule has 1 aromatic carbocycles. The van der Waals surface area contributed by atoms with E-state index in [1.165, 1.54) is 0 Å². The molecule has 0 aliphatic rings. The number of benzene rings is 1. The maximum Gasteiger partial charge on any atom is 0.262 e. The van der Waals surface area contributed by atoms with Gasteiger partial charge in [-0.15, -0.1) is 0 Å². The van der Waals surface area contributed by atoms with E-state index in [4.69, 9.17) is 5.73 Å². The number of nitrogens with zero attached hydrogens (tertiary/aromatic N) is 2. The third kappa shape index (κ3) is 3.00. The summed E-state index contributed by atoms with van der Waals surface area (Å²) in [7, 11) is -1.90. The Kier molecular flexibility index (Phi) is 3.82. The summed E-state index contributed by atoms with van der Waals surface area (Å²) in [6.45, 7) is 3.56. The lowest BCUT2D eigenvalue weighted by Crippen LogP contribution is -2.14. The molecule has 0 bridgehead atoms. The Hall–Kier alpha value is -1.86. The molecule has 2 aromatic rings. The molecule has 0 spiro atoms. The van der Waals surface area contributed by atoms with E-state index in [1.807, 2.05) is 6.92 Å². The lowest BCUT2D eigenvalue weighted by Gasteiger charge is -2.10. The number of hydrogen-bond donors (Lipinski definition) is 2. The summed E-state index contributed by atoms with van der Waals surface area (Å²) >= 11 is 0. The van der Waals surface area contributed by atoms with Crippen molar-refractivity contribution in [2.24, 2.45) is 12.8 Å². The van der Waals surface area contributed by atoms with E-state index in [2.05, 4.69) is 9.82 Å². The van der Waals surface area contributed by atoms with Crippen LogP contribution < -0.4 is 10.5 Å². The second-order valence-electron chi connectivity index (χ2n) is 4.77. The van der Waals surface area contributed by atoms with Crippen LogP contribution in [-0.2, 0) is 17.1 Å². The van der Waals surface area contributed by atoms with Gasteiger partial charge in [-0.25, -0.2) is 8.42 Å². The van der Waals surface area contributed by atoms with Crippen LogP contribution in [0.25, 0.3) is 0 Å². The molecule has 0 amide bonds. The molecule has 20 heavy (non-hydrogen) atoms. The largest absolute Gasteiger partial charge is 0.324 e. The molecule has 2 rings (SSSR count). The van der Waals surface area contributed by atoms with Gasteiger partial charge < -0.3 is 5.73 Å². The minimum atomic E-state index is -3.64. The van der Waals surface area contributed by atoms with Gasteiger partial charge in [0.15, 0.2) is 0 Å². The Bertz CT molecular complexity index is 720. The highest BCUT2D eigenvalue weighted by Crippen LogP contribution is 2.20. The van der Waals surface area contributed by atoms with Crippen molar-refractivity contribution in [2.45, 2.75) is 24.8 Å². The van der Waals surface area contributed by atoms with Crippen LogP contribution >= 0.6 is 0 Å². The normalized spacial score (nSPS) is 13.2. The van der Waals surface area contributed by atoms with Crippen molar-refractivity contribution in [2.75, 3.05) is 4.72 Å². The Morgan fingerprint density at radius 1 is 1.40 bits per heavy atom. The predicted molar refractivity (Wildman–Crippen MR) is 77.8 cm³/mol. The molecule has 1 heterocycles. The van der Waals surface area contributed by atoms with Gasteiger partial charge in [-0.05, 0) is 31.5 Å². The molecule has 3 N–H and O–H groups in total. The first kappa shape index (κ1) is 14.5. The quantitative estimate of drug-likeness (QED) is 0.895. The SMILES string of the molecule is Cc1nn(C)cc1NS(=O)(=O)c1cccc(C(C)N)c1. The zero-order chi connectivity index (χ0) is 14.9. The van der Waals surface area contributed by atoms with Gasteiger partial charge in [0.1, 0.15) is 0 Å². The Morgan fingerprint density at radius 3 is 2.65 bits per heavy atom. The topological polar surface area (TPSA) is 90.0 Å². The van der Waals surface area contributed by atoms with Crippen molar-refractivity contribution in [1.82, 2.24) is 9.78 Å². The van der Waals surface area contributed by atoms with Crippen LogP contribution in [-0.4, -0.2) is 18.2 Å². The van der Waals surface area contributed by atoms with Crippen molar-refractivity contribution in [3.63, 3.8) is 0 Å². The number of nitrogens with one attached hydrogen (secondary N) is 1. The predicted octanol–water partition coefficient (Wildman–Crippen LogP) is 1.55. The van der Waals surface area contributed by atoms with Gasteiger partial charge in [-0.2, -0.15) is 5.10 Å². The van der Waals surface area contributed by atoms with Crippen molar-refractivity contribution < 1.29 is 8.42 Å². The van der Waals surface area contributed by atoms with Crippen molar-refractivity contribution in [3.05, 3.63) is 41.7 Å². The smallest absolute Gasteiger partial charge is 0.262 e. The molecule has 0 aliphatic carbocycles. The molecule has 0 aliphatic heterocycles. The first-order chi connectivity index (χ1) is 9.29. The van der Waals surface area contributed by atoms with Gasteiger partial charge in [0.05, 0.1) is 16.3 Å². The summed E-state index contributed by atoms with van der Waals surface area (Å²) in [4.78, 5) is 0.190. The van der Waals surface area contributed by atoms with Gasteiger partial charge in [-0.3, -0.25) is 9.40 Å². The summed E-state index contributed by atoms with van der Waals surface area (Å²) in [6.07, 6.45) is 1.63. The minimum absolute atomic E-state index is 0.190. The van der Waals surface area contributed by atoms with Gasteiger partial charge in [0, 0.05) is 19.3 Å². The van der Waals surface area contributed by atoms with E-state index in [0.717, 1.165) is 5.56 Å². The number of hydrogen-bond acceptors (Lipinski definition) is 4. The molecule has 0 fully saturated rings. The second kappa shape index (κ2) is 5.26. The van der Waals surface area contributed by atoms with Crippen LogP contribution in [0.3, 0.4) is 0 Å². The van der Waals surface area contributed by atoms with Crippen molar-refractivity contribution >= 4 is 15.7 Å². The fourth-order valence-electron chi connectivity index (χ4n) is 1.87. The first-order valence-corrected chi connectivity index (χ1v) is 7.66. The third-order valence-corrected chi connectivity index (χ3v) is 4.32. The van der Waals surface area contributed by atoms with E-state index in [1.54, 1.807) is 49.1 Å². The molecule has 6 nitrogen and oxygen atoms in total. The van der Waals surface area contributed by atoms with Gasteiger partial charge in [0.25, 0.3) is 10.0 Å². The number of rotatable bonds is 4. The Balaban J connectivity index is 2.35. The summed E-state index contributed by atoms with van der Waals surface area (Å²) in [5.41, 5.74) is 7.65. The number of nitrogens with two attached hydrogens (primary N) is 1. The van der Waals surface area contributed by atoms with Crippen LogP contribution in [0.15, 0.2) is 35.4 Å². The van der Waals surface area contributed by atoms with E-state index in [-0.39, 0.29) is 10.9 Å². The monoisotopic (exact) mass is 294 g/mol. The number of aromatic nitrogens is 2. The van der Waals surface area contributed by atoms with E-state index < -0.39 is 10.0 Å². The van der Waals surface area contributed by atoms with Gasteiger partial charge in [-0.1, -0.05) is 12.1 Å². The summed E-state index contributed by atoms with van der Waals surface area (Å²) in [5, 5.41) is 4.10. The second-order valence-corrected chi connectivity index (χ2v) is 6.45. The third-order valence-electron chi connectivity index (χ3n) is 2.95. The highest BCUT2D eigenvalue weighted by Gasteiger charge is 2.17. The molecule has 0 radical (unpaired) electrons. The molecule has 108 valence electrons. The van der Waals surface area contributed by atoms with Crippen LogP contribution in [0.4, 0.5) is 5.69 Å². The summed E-state index contributed by atoms with van der Waals surface area (Å²) in [5.74, 6) is 0. The van der Waals surface area contributed by atoms with Gasteiger partial charge in [0.2, 0.25) is 0 Å². The summed E-state index contributed by atoms with van der Waals surface area (Å²) in [6, 6.07) is 6.39. The first-order valence-electron chi connectivity index (χ1n) is 6.18. The zero-order valence-corrected chi connectivity index (χ0v) is 12.5. The summed E-state index contributed by atoms with van der Waals surface area (Å²) < 4.78 is 28.8. The molecular weight excluding hydrogens is 276 g/mol. The molecule has 1 atom stereocenters. The Labute approximate surface area is 118 Å². The standard InChI is InChI=1S/C13H18N4O2S/c1-9(14)11-5-4-6-12(7-11)20(18,19)16-13-8-17(3)15-10(13)2/h4-9,16H,14H2,1-3H3. The van der Waals surface area contributed by atoms with E-state index >= 15 is 0 Å². The molecule has 0 saturated heterocycles. The zero-order valence-electron chi connectivity index (χ0n) is 11.7. The van der Waals surface area contributed by atoms with Crippen molar-refractivity contribution in [3.8, 4) is 0 Å². The van der Waals surface area contributed by atoms with Crippen LogP contribution in [0.5, 0.6) is 0 Å². The van der Waals surface area contributed by atoms with Gasteiger partial charge >= 0.3 is 0 Å². The van der Waals surface area contributed by atoms with Crippen LogP contribution in [0, 0.1) is 6.92 Å². The number of anilines is 1. The Morgan fingerprint density at radius 2 is 2.10 bits per heavy atom. The fraction of sp³-hybridized carbons (Fsp3) is 0.308. The molecule has 7 heteroatoms. The fourth-order valence-corrected chi connectivity index (χ4v) is 3.03. The van der Waals surface area contributed by atoms with E-state index in [9.17, 15) is 8.42 Å². The number of sulfonamides is 1. The van der Waals surface area contributed by atoms with Crippen LogP contribution in [0.1, 0.15) is 24.2 Å².